The number of aryl methyl sites for hydroxylation is 1. The van der Waals surface area contributed by atoms with E-state index in [1.54, 1.807) is 0 Å². The number of allylic oxidation sites excluding steroid dienone is 1. The highest BCUT2D eigenvalue weighted by molar-refractivity contribution is 5.61. The van der Waals surface area contributed by atoms with Crippen LogP contribution >= 0.6 is 0 Å². The van der Waals surface area contributed by atoms with E-state index in [4.69, 9.17) is 4.74 Å². The van der Waals surface area contributed by atoms with Crippen LogP contribution in [0.2, 0.25) is 0 Å². The van der Waals surface area contributed by atoms with Gasteiger partial charge < -0.3 is 15.0 Å². The molecule has 0 spiro atoms. The second-order valence-corrected chi connectivity index (χ2v) is 4.98. The van der Waals surface area contributed by atoms with E-state index >= 15 is 0 Å². The number of benzene rings is 1. The SMILES string of the molecule is Cc1ccc(NCC2CCC=CO2)cc1N(C)C. The quantitative estimate of drug-likeness (QED) is 0.883. The van der Waals surface area contributed by atoms with E-state index in [1.807, 2.05) is 6.26 Å². The molecule has 18 heavy (non-hydrogen) atoms. The first-order chi connectivity index (χ1) is 8.66. The fourth-order valence-electron chi connectivity index (χ4n) is 2.17. The molecule has 1 heterocycles. The molecular formula is C15H22N2O. The Morgan fingerprint density at radius 3 is 2.89 bits per heavy atom. The fraction of sp³-hybridized carbons (Fsp3) is 0.467. The summed E-state index contributed by atoms with van der Waals surface area (Å²) in [6.45, 7) is 2.99. The Balaban J connectivity index is 1.96. The van der Waals surface area contributed by atoms with Crippen LogP contribution in [0.15, 0.2) is 30.5 Å². The standard InChI is InChI=1S/C15H22N2O/c1-12-7-8-13(10-15(12)17(2)3)16-11-14-6-4-5-9-18-14/h5,7-10,14,16H,4,6,11H2,1-3H3. The molecule has 1 aromatic rings. The van der Waals surface area contributed by atoms with Crippen molar-refractivity contribution in [3.05, 3.63) is 36.1 Å². The van der Waals surface area contributed by atoms with E-state index in [9.17, 15) is 0 Å². The molecule has 1 aromatic carbocycles. The maximum Gasteiger partial charge on any atom is 0.115 e. The van der Waals surface area contributed by atoms with Crippen LogP contribution in [-0.4, -0.2) is 26.7 Å². The van der Waals surface area contributed by atoms with Crippen molar-refractivity contribution in [2.75, 3.05) is 30.9 Å². The molecule has 0 aromatic heterocycles. The van der Waals surface area contributed by atoms with E-state index in [-0.39, 0.29) is 0 Å². The highest BCUT2D eigenvalue weighted by atomic mass is 16.5. The summed E-state index contributed by atoms with van der Waals surface area (Å²) in [4.78, 5) is 2.14. The van der Waals surface area contributed by atoms with Gasteiger partial charge in [0.15, 0.2) is 0 Å². The number of ether oxygens (including phenoxy) is 1. The van der Waals surface area contributed by atoms with Crippen LogP contribution in [0.3, 0.4) is 0 Å². The Morgan fingerprint density at radius 1 is 1.39 bits per heavy atom. The van der Waals surface area contributed by atoms with Gasteiger partial charge in [0.05, 0.1) is 12.8 Å². The van der Waals surface area contributed by atoms with E-state index in [0.29, 0.717) is 6.10 Å². The van der Waals surface area contributed by atoms with Gasteiger partial charge in [-0.15, -0.1) is 0 Å². The minimum absolute atomic E-state index is 0.291. The van der Waals surface area contributed by atoms with Gasteiger partial charge >= 0.3 is 0 Å². The molecule has 0 bridgehead atoms. The summed E-state index contributed by atoms with van der Waals surface area (Å²) in [7, 11) is 4.14. The monoisotopic (exact) mass is 246 g/mol. The summed E-state index contributed by atoms with van der Waals surface area (Å²) in [5.74, 6) is 0. The Morgan fingerprint density at radius 2 is 2.22 bits per heavy atom. The molecule has 0 amide bonds. The molecule has 3 nitrogen and oxygen atoms in total. The summed E-state index contributed by atoms with van der Waals surface area (Å²) in [6, 6.07) is 6.47. The lowest BCUT2D eigenvalue weighted by atomic mass is 10.1. The third kappa shape index (κ3) is 3.19. The average Bonchev–Trinajstić information content (AvgIpc) is 2.38. The lowest BCUT2D eigenvalue weighted by molar-refractivity contribution is 0.135. The van der Waals surface area contributed by atoms with Gasteiger partial charge in [-0.2, -0.15) is 0 Å². The molecule has 1 aliphatic heterocycles. The highest BCUT2D eigenvalue weighted by Crippen LogP contribution is 2.22. The molecule has 0 aliphatic carbocycles. The van der Waals surface area contributed by atoms with Gasteiger partial charge in [0, 0.05) is 25.5 Å². The maximum absolute atomic E-state index is 5.55. The summed E-state index contributed by atoms with van der Waals surface area (Å²) in [5, 5.41) is 3.45. The molecule has 3 heteroatoms. The number of hydrogen-bond donors (Lipinski definition) is 1. The molecule has 0 radical (unpaired) electrons. The van der Waals surface area contributed by atoms with E-state index in [2.05, 4.69) is 55.5 Å². The van der Waals surface area contributed by atoms with Crippen LogP contribution in [-0.2, 0) is 4.74 Å². The van der Waals surface area contributed by atoms with Crippen molar-refractivity contribution in [3.63, 3.8) is 0 Å². The van der Waals surface area contributed by atoms with Crippen molar-refractivity contribution in [3.8, 4) is 0 Å². The molecule has 1 N–H and O–H groups in total. The van der Waals surface area contributed by atoms with E-state index in [0.717, 1.165) is 25.1 Å². The lowest BCUT2D eigenvalue weighted by Crippen LogP contribution is -2.23. The Hall–Kier alpha value is -1.64. The van der Waals surface area contributed by atoms with Gasteiger partial charge in [0.25, 0.3) is 0 Å². The second kappa shape index (κ2) is 5.80. The van der Waals surface area contributed by atoms with Gasteiger partial charge in [-0.3, -0.25) is 0 Å². The zero-order chi connectivity index (χ0) is 13.0. The molecule has 0 fully saturated rings. The summed E-state index contributed by atoms with van der Waals surface area (Å²) >= 11 is 0. The van der Waals surface area contributed by atoms with Gasteiger partial charge in [0.2, 0.25) is 0 Å². The third-order valence-electron chi connectivity index (χ3n) is 3.25. The van der Waals surface area contributed by atoms with Crippen LogP contribution in [0.5, 0.6) is 0 Å². The van der Waals surface area contributed by atoms with Gasteiger partial charge in [-0.25, -0.2) is 0 Å². The first-order valence-electron chi connectivity index (χ1n) is 6.49. The lowest BCUT2D eigenvalue weighted by Gasteiger charge is -2.21. The highest BCUT2D eigenvalue weighted by Gasteiger charge is 2.10. The predicted octanol–water partition coefficient (Wildman–Crippen LogP) is 3.17. The first kappa shape index (κ1) is 12.8. The number of nitrogens with one attached hydrogen (secondary N) is 1. The number of nitrogens with zero attached hydrogens (tertiary/aromatic N) is 1. The average molecular weight is 246 g/mol. The molecular weight excluding hydrogens is 224 g/mol. The largest absolute Gasteiger partial charge is 0.497 e. The maximum atomic E-state index is 5.55. The van der Waals surface area contributed by atoms with E-state index < -0.39 is 0 Å². The van der Waals surface area contributed by atoms with Crippen LogP contribution in [0.1, 0.15) is 18.4 Å². The molecule has 1 unspecified atom stereocenters. The van der Waals surface area contributed by atoms with Crippen molar-refractivity contribution in [1.82, 2.24) is 0 Å². The molecule has 1 atom stereocenters. The number of hydrogen-bond acceptors (Lipinski definition) is 3. The van der Waals surface area contributed by atoms with Crippen molar-refractivity contribution < 1.29 is 4.74 Å². The van der Waals surface area contributed by atoms with Crippen LogP contribution in [0.25, 0.3) is 0 Å². The molecule has 0 saturated carbocycles. The Kier molecular flexibility index (Phi) is 4.13. The Labute approximate surface area is 109 Å². The Bertz CT molecular complexity index is 427. The van der Waals surface area contributed by atoms with Crippen LogP contribution < -0.4 is 10.2 Å². The smallest absolute Gasteiger partial charge is 0.115 e. The first-order valence-corrected chi connectivity index (χ1v) is 6.49. The minimum atomic E-state index is 0.291. The van der Waals surface area contributed by atoms with Gasteiger partial charge in [-0.05, 0) is 43.5 Å². The normalized spacial score (nSPS) is 18.3. The second-order valence-electron chi connectivity index (χ2n) is 4.98. The van der Waals surface area contributed by atoms with Gasteiger partial charge in [-0.1, -0.05) is 6.07 Å². The third-order valence-corrected chi connectivity index (χ3v) is 3.25. The summed E-state index contributed by atoms with van der Waals surface area (Å²) in [5.41, 5.74) is 3.70. The summed E-state index contributed by atoms with van der Waals surface area (Å²) in [6.07, 6.45) is 6.39. The van der Waals surface area contributed by atoms with Crippen LogP contribution in [0.4, 0.5) is 11.4 Å². The number of anilines is 2. The van der Waals surface area contributed by atoms with Crippen molar-refractivity contribution in [2.45, 2.75) is 25.9 Å². The molecule has 1 aliphatic rings. The van der Waals surface area contributed by atoms with Crippen molar-refractivity contribution >= 4 is 11.4 Å². The molecule has 98 valence electrons. The predicted molar refractivity (Wildman–Crippen MR) is 77.2 cm³/mol. The zero-order valence-electron chi connectivity index (χ0n) is 11.4. The number of rotatable bonds is 4. The van der Waals surface area contributed by atoms with Crippen molar-refractivity contribution in [1.29, 1.82) is 0 Å². The minimum Gasteiger partial charge on any atom is -0.497 e. The topological polar surface area (TPSA) is 24.5 Å². The van der Waals surface area contributed by atoms with Gasteiger partial charge in [0.1, 0.15) is 6.10 Å². The fourth-order valence-corrected chi connectivity index (χ4v) is 2.17. The van der Waals surface area contributed by atoms with Crippen LogP contribution in [0, 0.1) is 6.92 Å². The van der Waals surface area contributed by atoms with E-state index in [1.165, 1.54) is 11.3 Å². The molecule has 2 rings (SSSR count). The zero-order valence-corrected chi connectivity index (χ0v) is 11.4. The molecule has 0 saturated heterocycles. The summed E-state index contributed by atoms with van der Waals surface area (Å²) < 4.78 is 5.55. The van der Waals surface area contributed by atoms with Crippen molar-refractivity contribution in [2.24, 2.45) is 0 Å².